The highest BCUT2D eigenvalue weighted by Crippen LogP contribution is 2.15. The van der Waals surface area contributed by atoms with Crippen molar-refractivity contribution in [1.29, 1.82) is 0 Å². The van der Waals surface area contributed by atoms with E-state index in [0.717, 1.165) is 5.56 Å². The van der Waals surface area contributed by atoms with E-state index >= 15 is 0 Å². The largest absolute Gasteiger partial charge is 0.480 e. The molecule has 0 aliphatic heterocycles. The molecule has 8 N–H and O–H groups in total. The fourth-order valence-electron chi connectivity index (χ4n) is 5.44. The number of benzene rings is 1. The zero-order valence-electron chi connectivity index (χ0n) is 32.9. The van der Waals surface area contributed by atoms with Crippen LogP contribution >= 0.6 is 0 Å². The molecular formula is C38H64N6O8. The molecule has 0 unspecified atom stereocenters. The Balaban J connectivity index is 3.25. The number of amides is 5. The second-order valence-electron chi connectivity index (χ2n) is 15.7. The predicted octanol–water partition coefficient (Wildman–Crippen LogP) is 3.27. The summed E-state index contributed by atoms with van der Waals surface area (Å²) in [5.41, 5.74) is 6.69. The monoisotopic (exact) mass is 732 g/mol. The normalized spacial score (nSPS) is 15.8. The van der Waals surface area contributed by atoms with Gasteiger partial charge < -0.3 is 42.2 Å². The summed E-state index contributed by atoms with van der Waals surface area (Å²) >= 11 is 0. The highest BCUT2D eigenvalue weighted by molar-refractivity contribution is 5.92. The van der Waals surface area contributed by atoms with Crippen molar-refractivity contribution in [2.75, 3.05) is 0 Å². The molecule has 0 spiro atoms. The first-order valence-corrected chi connectivity index (χ1v) is 18.3. The molecule has 1 rings (SSSR count). The third kappa shape index (κ3) is 16.4. The summed E-state index contributed by atoms with van der Waals surface area (Å²) in [4.78, 5) is 78.3. The van der Waals surface area contributed by atoms with Crippen LogP contribution in [0.4, 0.5) is 4.79 Å². The lowest BCUT2D eigenvalue weighted by Crippen LogP contribution is -2.60. The van der Waals surface area contributed by atoms with E-state index in [1.54, 1.807) is 55.4 Å². The van der Waals surface area contributed by atoms with E-state index in [4.69, 9.17) is 10.5 Å². The molecule has 7 atom stereocenters. The van der Waals surface area contributed by atoms with Gasteiger partial charge in [-0.2, -0.15) is 0 Å². The van der Waals surface area contributed by atoms with Gasteiger partial charge in [0, 0.05) is 18.5 Å². The van der Waals surface area contributed by atoms with Gasteiger partial charge in [0.15, 0.2) is 0 Å². The fourth-order valence-corrected chi connectivity index (χ4v) is 5.44. The lowest BCUT2D eigenvalue weighted by atomic mass is 9.94. The Bertz CT molecular complexity index is 1330. The van der Waals surface area contributed by atoms with Crippen LogP contribution < -0.4 is 32.3 Å². The Morgan fingerprint density at radius 2 is 1.29 bits per heavy atom. The second kappa shape index (κ2) is 21.4. The molecule has 0 radical (unpaired) electrons. The average Bonchev–Trinajstić information content (AvgIpc) is 3.02. The van der Waals surface area contributed by atoms with Crippen LogP contribution in [0.15, 0.2) is 30.3 Å². The lowest BCUT2D eigenvalue weighted by Gasteiger charge is -2.31. The van der Waals surface area contributed by atoms with Crippen molar-refractivity contribution < 1.29 is 38.6 Å². The topological polar surface area (TPSA) is 218 Å². The Morgan fingerprint density at radius 3 is 1.77 bits per heavy atom. The van der Waals surface area contributed by atoms with E-state index in [-0.39, 0.29) is 36.5 Å². The van der Waals surface area contributed by atoms with E-state index in [2.05, 4.69) is 26.6 Å². The molecule has 14 heteroatoms. The van der Waals surface area contributed by atoms with Crippen LogP contribution in [-0.4, -0.2) is 82.6 Å². The van der Waals surface area contributed by atoms with Crippen LogP contribution in [0.2, 0.25) is 0 Å². The van der Waals surface area contributed by atoms with Crippen LogP contribution in [0, 0.1) is 23.7 Å². The Hall–Kier alpha value is -4.20. The van der Waals surface area contributed by atoms with Gasteiger partial charge in [-0.05, 0) is 62.8 Å². The maximum Gasteiger partial charge on any atom is 0.408 e. The molecule has 294 valence electrons. The van der Waals surface area contributed by atoms with Crippen LogP contribution in [0.5, 0.6) is 0 Å². The molecule has 0 saturated heterocycles. The van der Waals surface area contributed by atoms with E-state index < -0.39 is 77.5 Å². The van der Waals surface area contributed by atoms with Crippen molar-refractivity contribution in [2.45, 2.75) is 144 Å². The van der Waals surface area contributed by atoms with Crippen LogP contribution in [0.3, 0.4) is 0 Å². The van der Waals surface area contributed by atoms with Crippen LogP contribution in [0.25, 0.3) is 0 Å². The maximum atomic E-state index is 13.9. The number of carbonyl (C=O) groups excluding carboxylic acids is 5. The van der Waals surface area contributed by atoms with Crippen molar-refractivity contribution in [3.05, 3.63) is 35.9 Å². The number of carboxylic acids is 1. The van der Waals surface area contributed by atoms with Gasteiger partial charge in [0.1, 0.15) is 29.8 Å². The Kier molecular flexibility index (Phi) is 18.8. The number of ether oxygens (including phenoxy) is 1. The molecule has 52 heavy (non-hydrogen) atoms. The number of nitrogens with two attached hydrogens (primary N) is 1. The van der Waals surface area contributed by atoms with Gasteiger partial charge in [-0.3, -0.25) is 19.2 Å². The maximum absolute atomic E-state index is 13.9. The summed E-state index contributed by atoms with van der Waals surface area (Å²) in [5.74, 6) is -4.43. The smallest absolute Gasteiger partial charge is 0.408 e. The van der Waals surface area contributed by atoms with Crippen molar-refractivity contribution in [3.8, 4) is 0 Å². The highest BCUT2D eigenvalue weighted by atomic mass is 16.6. The van der Waals surface area contributed by atoms with Gasteiger partial charge in [-0.25, -0.2) is 9.59 Å². The quantitative estimate of drug-likeness (QED) is 0.105. The summed E-state index contributed by atoms with van der Waals surface area (Å²) in [6.45, 7) is 19.5. The molecule has 0 bridgehead atoms. The SMILES string of the molecule is CC[C@H](C)[C@H](NC(=O)C[C@H](N)[C@H](Cc1ccccc1)NC(=O)[C@@H](NC(=O)[C@H](CC(C)C)NC(=O)OC(C)(C)C)C(C)C)C(=O)N[C@H](C(=O)O)C(C)C. The molecular weight excluding hydrogens is 668 g/mol. The number of hydrogen-bond acceptors (Lipinski definition) is 8. The highest BCUT2D eigenvalue weighted by Gasteiger charge is 2.35. The molecule has 0 fully saturated rings. The number of rotatable bonds is 20. The van der Waals surface area contributed by atoms with E-state index in [1.807, 2.05) is 51.1 Å². The third-order valence-corrected chi connectivity index (χ3v) is 8.57. The summed E-state index contributed by atoms with van der Waals surface area (Å²) in [6, 6.07) is 3.46. The minimum absolute atomic E-state index is 0.0381. The van der Waals surface area contributed by atoms with Crippen molar-refractivity contribution in [2.24, 2.45) is 29.4 Å². The summed E-state index contributed by atoms with van der Waals surface area (Å²) in [7, 11) is 0. The summed E-state index contributed by atoms with van der Waals surface area (Å²) in [5, 5.41) is 23.2. The predicted molar refractivity (Wildman–Crippen MR) is 200 cm³/mol. The standard InChI is InChI=1S/C38H64N6O8/c1-12-24(8)32(35(48)44-31(23(6)7)36(49)50)42-29(45)20-26(39)27(19-25-16-14-13-15-17-25)40-34(47)30(22(4)5)43-33(46)28(18-21(2)3)41-37(51)52-38(9,10)11/h13-17,21-24,26-28,30-32H,12,18-20,39H2,1-11H3,(H,40,47)(H,41,51)(H,42,45)(H,43,46)(H,44,48)(H,49,50)/t24-,26-,27-,28-,30-,31-,32-/m0/s1. The van der Waals surface area contributed by atoms with E-state index in [1.165, 1.54) is 0 Å². The Labute approximate surface area is 309 Å². The number of carbonyl (C=O) groups is 6. The average molecular weight is 733 g/mol. The fraction of sp³-hybridized carbons (Fsp3) is 0.684. The number of alkyl carbamates (subject to hydrolysis) is 1. The zero-order valence-corrected chi connectivity index (χ0v) is 32.9. The van der Waals surface area contributed by atoms with E-state index in [9.17, 15) is 33.9 Å². The molecule has 0 saturated carbocycles. The van der Waals surface area contributed by atoms with Crippen LogP contribution in [0.1, 0.15) is 101 Å². The minimum Gasteiger partial charge on any atom is -0.480 e. The molecule has 0 aliphatic rings. The number of aliphatic carboxylic acids is 1. The van der Waals surface area contributed by atoms with Gasteiger partial charge in [-0.1, -0.05) is 92.1 Å². The summed E-state index contributed by atoms with van der Waals surface area (Å²) in [6.07, 6.45) is 0.0858. The molecule has 5 amide bonds. The van der Waals surface area contributed by atoms with E-state index in [0.29, 0.717) is 12.8 Å². The summed E-state index contributed by atoms with van der Waals surface area (Å²) < 4.78 is 5.36. The van der Waals surface area contributed by atoms with Crippen molar-refractivity contribution in [1.82, 2.24) is 26.6 Å². The number of nitrogens with one attached hydrogen (secondary N) is 5. The molecule has 1 aromatic carbocycles. The molecule has 0 heterocycles. The zero-order chi connectivity index (χ0) is 39.9. The van der Waals surface area contributed by atoms with Gasteiger partial charge in [0.25, 0.3) is 0 Å². The minimum atomic E-state index is -1.18. The van der Waals surface area contributed by atoms with Gasteiger partial charge in [0.05, 0.1) is 0 Å². The number of carboxylic acid groups (broad SMARTS) is 1. The van der Waals surface area contributed by atoms with Crippen LogP contribution in [-0.2, 0) is 35.1 Å². The van der Waals surface area contributed by atoms with Gasteiger partial charge >= 0.3 is 12.1 Å². The molecule has 1 aromatic rings. The molecule has 0 aromatic heterocycles. The van der Waals surface area contributed by atoms with Crippen molar-refractivity contribution in [3.63, 3.8) is 0 Å². The van der Waals surface area contributed by atoms with Gasteiger partial charge in [0.2, 0.25) is 23.6 Å². The number of hydrogen-bond donors (Lipinski definition) is 7. The first-order valence-electron chi connectivity index (χ1n) is 18.3. The lowest BCUT2D eigenvalue weighted by molar-refractivity contribution is -0.143. The Morgan fingerprint density at radius 1 is 0.750 bits per heavy atom. The molecule has 14 nitrogen and oxygen atoms in total. The molecule has 0 aliphatic carbocycles. The first kappa shape index (κ1) is 45.8. The van der Waals surface area contributed by atoms with Crippen molar-refractivity contribution >= 4 is 35.7 Å². The second-order valence-corrected chi connectivity index (χ2v) is 15.7. The first-order chi connectivity index (χ1) is 24.1. The van der Waals surface area contributed by atoms with Gasteiger partial charge in [-0.15, -0.1) is 0 Å². The third-order valence-electron chi connectivity index (χ3n) is 8.57.